The lowest BCUT2D eigenvalue weighted by atomic mass is 9.75. The predicted molar refractivity (Wildman–Crippen MR) is 84.1 cm³/mol. The van der Waals surface area contributed by atoms with Crippen LogP contribution >= 0.6 is 11.6 Å². The predicted octanol–water partition coefficient (Wildman–Crippen LogP) is 1.59. The van der Waals surface area contributed by atoms with Gasteiger partial charge < -0.3 is 20.1 Å². The summed E-state index contributed by atoms with van der Waals surface area (Å²) in [6.45, 7) is 3.19. The van der Waals surface area contributed by atoms with Crippen LogP contribution in [0.4, 0.5) is 0 Å². The van der Waals surface area contributed by atoms with Gasteiger partial charge in [0.2, 0.25) is 5.91 Å². The van der Waals surface area contributed by atoms with E-state index in [9.17, 15) is 4.79 Å². The number of fused-ring (bicyclic) bond motifs is 1. The van der Waals surface area contributed by atoms with Gasteiger partial charge in [-0.05, 0) is 24.9 Å². The number of ether oxygens (including phenoxy) is 2. The molecule has 0 spiro atoms. The van der Waals surface area contributed by atoms with Crippen molar-refractivity contribution in [2.45, 2.75) is 13.0 Å². The van der Waals surface area contributed by atoms with Crippen LogP contribution in [0.25, 0.3) is 0 Å². The maximum absolute atomic E-state index is 12.8. The highest BCUT2D eigenvalue weighted by Gasteiger charge is 2.50. The van der Waals surface area contributed by atoms with Gasteiger partial charge in [0.1, 0.15) is 5.75 Å². The molecule has 0 bridgehead atoms. The van der Waals surface area contributed by atoms with Gasteiger partial charge in [-0.1, -0.05) is 23.7 Å². The van der Waals surface area contributed by atoms with Gasteiger partial charge in [0.25, 0.3) is 0 Å². The van der Waals surface area contributed by atoms with Crippen LogP contribution in [0.15, 0.2) is 18.2 Å². The first-order valence-corrected chi connectivity index (χ1v) is 7.93. The van der Waals surface area contributed by atoms with Gasteiger partial charge >= 0.3 is 0 Å². The van der Waals surface area contributed by atoms with Crippen LogP contribution in [-0.4, -0.2) is 39.3 Å². The zero-order chi connectivity index (χ0) is 15.6. The molecule has 2 heterocycles. The number of hydrogen-bond acceptors (Lipinski definition) is 4. The van der Waals surface area contributed by atoms with Crippen molar-refractivity contribution in [3.05, 3.63) is 28.8 Å². The Balaban J connectivity index is 1.71. The lowest BCUT2D eigenvalue weighted by Gasteiger charge is -2.36. The molecule has 2 fully saturated rings. The Morgan fingerprint density at radius 1 is 1.59 bits per heavy atom. The number of nitrogens with one attached hydrogen (secondary N) is 2. The highest BCUT2D eigenvalue weighted by molar-refractivity contribution is 6.32. The van der Waals surface area contributed by atoms with E-state index >= 15 is 0 Å². The highest BCUT2D eigenvalue weighted by atomic mass is 35.5. The van der Waals surface area contributed by atoms with Crippen LogP contribution in [0.1, 0.15) is 12.0 Å². The summed E-state index contributed by atoms with van der Waals surface area (Å²) < 4.78 is 10.9. The van der Waals surface area contributed by atoms with Crippen LogP contribution in [0, 0.1) is 11.3 Å². The minimum absolute atomic E-state index is 0.0456. The Bertz CT molecular complexity index is 566. The van der Waals surface area contributed by atoms with Gasteiger partial charge in [-0.3, -0.25) is 4.79 Å². The normalized spacial score (nSPS) is 27.3. The molecule has 2 N–H and O–H groups in total. The fraction of sp³-hybridized carbons (Fsp3) is 0.562. The van der Waals surface area contributed by atoms with E-state index in [1.54, 1.807) is 13.2 Å². The third-order valence-electron chi connectivity index (χ3n) is 4.73. The van der Waals surface area contributed by atoms with Crippen molar-refractivity contribution < 1.29 is 14.3 Å². The van der Waals surface area contributed by atoms with E-state index in [-0.39, 0.29) is 5.91 Å². The summed E-state index contributed by atoms with van der Waals surface area (Å²) in [5.74, 6) is 1.01. The SMILES string of the molecule is COc1c(Cl)cccc1CNC(=O)[C@]12CNC[C@H]1CCOC2. The first-order chi connectivity index (χ1) is 10.7. The molecular formula is C16H21ClN2O3. The summed E-state index contributed by atoms with van der Waals surface area (Å²) >= 11 is 6.11. The molecule has 3 rings (SSSR count). The molecule has 2 atom stereocenters. The molecule has 2 saturated heterocycles. The van der Waals surface area contributed by atoms with Crippen molar-refractivity contribution in [3.8, 4) is 5.75 Å². The van der Waals surface area contributed by atoms with Gasteiger partial charge in [-0.25, -0.2) is 0 Å². The van der Waals surface area contributed by atoms with Crippen LogP contribution in [0.2, 0.25) is 5.02 Å². The van der Waals surface area contributed by atoms with E-state index in [0.717, 1.165) is 25.1 Å². The zero-order valence-corrected chi connectivity index (χ0v) is 13.4. The van der Waals surface area contributed by atoms with Crippen molar-refractivity contribution in [3.63, 3.8) is 0 Å². The largest absolute Gasteiger partial charge is 0.495 e. The van der Waals surface area contributed by atoms with Gasteiger partial charge in [0, 0.05) is 25.3 Å². The van der Waals surface area contributed by atoms with Crippen molar-refractivity contribution in [2.24, 2.45) is 11.3 Å². The summed E-state index contributed by atoms with van der Waals surface area (Å²) in [6.07, 6.45) is 0.931. The van der Waals surface area contributed by atoms with Crippen LogP contribution in [0.5, 0.6) is 5.75 Å². The maximum Gasteiger partial charge on any atom is 0.230 e. The number of hydrogen-bond donors (Lipinski definition) is 2. The van der Waals surface area contributed by atoms with E-state index < -0.39 is 5.41 Å². The molecular weight excluding hydrogens is 304 g/mol. The average molecular weight is 325 g/mol. The first kappa shape index (κ1) is 15.6. The van der Waals surface area contributed by atoms with E-state index in [0.29, 0.717) is 36.4 Å². The van der Waals surface area contributed by atoms with Crippen LogP contribution < -0.4 is 15.4 Å². The lowest BCUT2D eigenvalue weighted by Crippen LogP contribution is -2.51. The van der Waals surface area contributed by atoms with Crippen LogP contribution in [-0.2, 0) is 16.1 Å². The van der Waals surface area contributed by atoms with Crippen molar-refractivity contribution >= 4 is 17.5 Å². The highest BCUT2D eigenvalue weighted by Crippen LogP contribution is 2.38. The number of para-hydroxylation sites is 1. The minimum atomic E-state index is -0.440. The van der Waals surface area contributed by atoms with E-state index in [2.05, 4.69) is 10.6 Å². The third kappa shape index (κ3) is 2.69. The molecule has 1 amide bonds. The molecule has 22 heavy (non-hydrogen) atoms. The minimum Gasteiger partial charge on any atom is -0.495 e. The number of benzene rings is 1. The van der Waals surface area contributed by atoms with Gasteiger partial charge in [0.05, 0.1) is 24.2 Å². The average Bonchev–Trinajstić information content (AvgIpc) is 2.97. The fourth-order valence-electron chi connectivity index (χ4n) is 3.44. The second-order valence-corrected chi connectivity index (χ2v) is 6.35. The lowest BCUT2D eigenvalue weighted by molar-refractivity contribution is -0.141. The summed E-state index contributed by atoms with van der Waals surface area (Å²) in [5.41, 5.74) is 0.434. The molecule has 6 heteroatoms. The van der Waals surface area contributed by atoms with E-state index in [4.69, 9.17) is 21.1 Å². The first-order valence-electron chi connectivity index (χ1n) is 7.55. The van der Waals surface area contributed by atoms with Crippen molar-refractivity contribution in [1.82, 2.24) is 10.6 Å². The Hall–Kier alpha value is -1.30. The topological polar surface area (TPSA) is 59.6 Å². The second-order valence-electron chi connectivity index (χ2n) is 5.94. The van der Waals surface area contributed by atoms with E-state index in [1.807, 2.05) is 12.1 Å². The molecule has 0 aromatic heterocycles. The quantitative estimate of drug-likeness (QED) is 0.883. The standard InChI is InChI=1S/C16H21ClN2O3/c1-21-14-11(3-2-4-13(14)17)7-19-15(20)16-9-18-8-12(16)5-6-22-10-16/h2-4,12,18H,5-10H2,1H3,(H,19,20)/t12-,16+/m1/s1. The van der Waals surface area contributed by atoms with Gasteiger partial charge in [-0.15, -0.1) is 0 Å². The molecule has 1 aromatic rings. The molecule has 2 aliphatic rings. The van der Waals surface area contributed by atoms with Gasteiger partial charge in [-0.2, -0.15) is 0 Å². The third-order valence-corrected chi connectivity index (χ3v) is 5.02. The number of carbonyl (C=O) groups excluding carboxylic acids is 1. The van der Waals surface area contributed by atoms with Crippen LogP contribution in [0.3, 0.4) is 0 Å². The monoisotopic (exact) mass is 324 g/mol. The summed E-state index contributed by atoms with van der Waals surface area (Å²) in [7, 11) is 1.58. The maximum atomic E-state index is 12.8. The molecule has 0 saturated carbocycles. The Kier molecular flexibility index (Phi) is 4.57. The molecule has 5 nitrogen and oxygen atoms in total. The smallest absolute Gasteiger partial charge is 0.230 e. The number of amides is 1. The Morgan fingerprint density at radius 2 is 2.45 bits per heavy atom. The van der Waals surface area contributed by atoms with Crippen molar-refractivity contribution in [2.75, 3.05) is 33.4 Å². The van der Waals surface area contributed by atoms with Crippen molar-refractivity contribution in [1.29, 1.82) is 0 Å². The summed E-state index contributed by atoms with van der Waals surface area (Å²) in [6, 6.07) is 5.54. The molecule has 0 aliphatic carbocycles. The summed E-state index contributed by atoms with van der Waals surface area (Å²) in [4.78, 5) is 12.8. The Labute approximate surface area is 135 Å². The fourth-order valence-corrected chi connectivity index (χ4v) is 3.71. The Morgan fingerprint density at radius 3 is 3.27 bits per heavy atom. The zero-order valence-electron chi connectivity index (χ0n) is 12.7. The number of halogens is 1. The second kappa shape index (κ2) is 6.44. The molecule has 120 valence electrons. The summed E-state index contributed by atoms with van der Waals surface area (Å²) in [5, 5.41) is 6.91. The van der Waals surface area contributed by atoms with E-state index in [1.165, 1.54) is 0 Å². The number of rotatable bonds is 4. The van der Waals surface area contributed by atoms with Gasteiger partial charge in [0.15, 0.2) is 0 Å². The molecule has 0 radical (unpaired) electrons. The number of methoxy groups -OCH3 is 1. The molecule has 0 unspecified atom stereocenters. The number of carbonyl (C=O) groups is 1. The molecule has 2 aliphatic heterocycles. The molecule has 1 aromatic carbocycles.